The van der Waals surface area contributed by atoms with Crippen LogP contribution in [0.3, 0.4) is 0 Å². The Morgan fingerprint density at radius 3 is 2.33 bits per heavy atom. The minimum Gasteiger partial charge on any atom is -0.314 e. The largest absolute Gasteiger partial charge is 0.314 e. The molecule has 1 rings (SSSR count). The molecule has 0 aromatic carbocycles. The molecule has 0 heterocycles. The lowest BCUT2D eigenvalue weighted by Crippen LogP contribution is -2.34. The molecule has 1 heteroatoms. The van der Waals surface area contributed by atoms with Gasteiger partial charge in [-0.25, -0.2) is 0 Å². The SMILES string of the molecule is CC(C)CC(C)NCC1CCC1. The normalized spacial score (nSPS) is 21.0. The topological polar surface area (TPSA) is 12.0 Å². The van der Waals surface area contributed by atoms with E-state index in [2.05, 4.69) is 26.1 Å². The first-order valence-electron chi connectivity index (χ1n) is 5.42. The number of hydrogen-bond acceptors (Lipinski definition) is 1. The van der Waals surface area contributed by atoms with Gasteiger partial charge in [-0.1, -0.05) is 20.3 Å². The fourth-order valence-corrected chi connectivity index (χ4v) is 1.86. The lowest BCUT2D eigenvalue weighted by Gasteiger charge is -2.27. The van der Waals surface area contributed by atoms with Crippen molar-refractivity contribution >= 4 is 0 Å². The van der Waals surface area contributed by atoms with Crippen molar-refractivity contribution in [3.8, 4) is 0 Å². The predicted octanol–water partition coefficient (Wildman–Crippen LogP) is 2.81. The molecule has 1 N–H and O–H groups in total. The highest BCUT2D eigenvalue weighted by atomic mass is 14.9. The Labute approximate surface area is 76.9 Å². The van der Waals surface area contributed by atoms with Crippen molar-refractivity contribution in [2.75, 3.05) is 6.54 Å². The van der Waals surface area contributed by atoms with E-state index >= 15 is 0 Å². The van der Waals surface area contributed by atoms with E-state index in [1.54, 1.807) is 0 Å². The van der Waals surface area contributed by atoms with E-state index < -0.39 is 0 Å². The zero-order chi connectivity index (χ0) is 8.97. The van der Waals surface area contributed by atoms with Gasteiger partial charge >= 0.3 is 0 Å². The van der Waals surface area contributed by atoms with E-state index in [4.69, 9.17) is 0 Å². The minimum absolute atomic E-state index is 0.714. The first-order valence-corrected chi connectivity index (χ1v) is 5.42. The van der Waals surface area contributed by atoms with Crippen molar-refractivity contribution < 1.29 is 0 Å². The van der Waals surface area contributed by atoms with Gasteiger partial charge in [-0.15, -0.1) is 0 Å². The Morgan fingerprint density at radius 1 is 1.25 bits per heavy atom. The average molecular weight is 169 g/mol. The Balaban J connectivity index is 1.97. The third-order valence-corrected chi connectivity index (χ3v) is 2.80. The highest BCUT2D eigenvalue weighted by Gasteiger charge is 2.17. The van der Waals surface area contributed by atoms with Crippen LogP contribution in [0, 0.1) is 11.8 Å². The molecular weight excluding hydrogens is 146 g/mol. The molecule has 0 radical (unpaired) electrons. The summed E-state index contributed by atoms with van der Waals surface area (Å²) < 4.78 is 0. The summed E-state index contributed by atoms with van der Waals surface area (Å²) in [4.78, 5) is 0. The van der Waals surface area contributed by atoms with Crippen LogP contribution in [-0.4, -0.2) is 12.6 Å². The van der Waals surface area contributed by atoms with Crippen LogP contribution in [0.5, 0.6) is 0 Å². The van der Waals surface area contributed by atoms with E-state index in [1.165, 1.54) is 32.2 Å². The van der Waals surface area contributed by atoms with Crippen LogP contribution in [0.25, 0.3) is 0 Å². The molecule has 12 heavy (non-hydrogen) atoms. The molecule has 0 aromatic heterocycles. The zero-order valence-electron chi connectivity index (χ0n) is 8.77. The zero-order valence-corrected chi connectivity index (χ0v) is 8.77. The molecule has 0 aromatic rings. The summed E-state index contributed by atoms with van der Waals surface area (Å²) in [6.45, 7) is 8.15. The minimum atomic E-state index is 0.714. The molecule has 72 valence electrons. The maximum absolute atomic E-state index is 3.62. The van der Waals surface area contributed by atoms with Crippen LogP contribution in [0.15, 0.2) is 0 Å². The van der Waals surface area contributed by atoms with Crippen LogP contribution in [-0.2, 0) is 0 Å². The Hall–Kier alpha value is -0.0400. The summed E-state index contributed by atoms with van der Waals surface area (Å²) in [5.41, 5.74) is 0. The predicted molar refractivity (Wildman–Crippen MR) is 54.3 cm³/mol. The van der Waals surface area contributed by atoms with Gasteiger partial charge in [0.05, 0.1) is 0 Å². The summed E-state index contributed by atoms with van der Waals surface area (Å²) in [7, 11) is 0. The third-order valence-electron chi connectivity index (χ3n) is 2.80. The van der Waals surface area contributed by atoms with Gasteiger partial charge in [-0.3, -0.25) is 0 Å². The maximum atomic E-state index is 3.62. The summed E-state index contributed by atoms with van der Waals surface area (Å²) in [5, 5.41) is 3.62. The number of rotatable bonds is 5. The van der Waals surface area contributed by atoms with Gasteiger partial charge in [0, 0.05) is 6.04 Å². The van der Waals surface area contributed by atoms with Gasteiger partial charge in [-0.2, -0.15) is 0 Å². The summed E-state index contributed by atoms with van der Waals surface area (Å²) in [6.07, 6.45) is 5.69. The Kier molecular flexibility index (Phi) is 4.07. The molecule has 0 aliphatic heterocycles. The fourth-order valence-electron chi connectivity index (χ4n) is 1.86. The number of nitrogens with one attached hydrogen (secondary N) is 1. The van der Waals surface area contributed by atoms with Gasteiger partial charge in [0.1, 0.15) is 0 Å². The lowest BCUT2D eigenvalue weighted by molar-refractivity contribution is 0.284. The summed E-state index contributed by atoms with van der Waals surface area (Å²) >= 11 is 0. The second-order valence-corrected chi connectivity index (χ2v) is 4.74. The van der Waals surface area contributed by atoms with Crippen molar-refractivity contribution in [3.63, 3.8) is 0 Å². The molecule has 1 unspecified atom stereocenters. The first kappa shape index (κ1) is 10.0. The van der Waals surface area contributed by atoms with Gasteiger partial charge in [0.25, 0.3) is 0 Å². The monoisotopic (exact) mass is 169 g/mol. The van der Waals surface area contributed by atoms with Crippen molar-refractivity contribution in [2.45, 2.75) is 52.5 Å². The standard InChI is InChI=1S/C11H23N/c1-9(2)7-10(3)12-8-11-5-4-6-11/h9-12H,4-8H2,1-3H3. The van der Waals surface area contributed by atoms with E-state index in [1.807, 2.05) is 0 Å². The lowest BCUT2D eigenvalue weighted by atomic mass is 9.85. The van der Waals surface area contributed by atoms with E-state index in [-0.39, 0.29) is 0 Å². The third kappa shape index (κ3) is 3.57. The van der Waals surface area contributed by atoms with E-state index in [9.17, 15) is 0 Å². The van der Waals surface area contributed by atoms with Crippen molar-refractivity contribution in [3.05, 3.63) is 0 Å². The van der Waals surface area contributed by atoms with Gasteiger partial charge in [0.15, 0.2) is 0 Å². The average Bonchev–Trinajstić information content (AvgIpc) is 1.81. The van der Waals surface area contributed by atoms with Crippen LogP contribution >= 0.6 is 0 Å². The quantitative estimate of drug-likeness (QED) is 0.667. The molecule has 0 amide bonds. The smallest absolute Gasteiger partial charge is 0.00412 e. The molecule has 0 spiro atoms. The molecule has 0 bridgehead atoms. The second-order valence-electron chi connectivity index (χ2n) is 4.74. The van der Waals surface area contributed by atoms with Gasteiger partial charge in [0.2, 0.25) is 0 Å². The first-order chi connectivity index (χ1) is 5.68. The Morgan fingerprint density at radius 2 is 1.92 bits per heavy atom. The maximum Gasteiger partial charge on any atom is 0.00412 e. The second kappa shape index (κ2) is 4.86. The molecule has 1 saturated carbocycles. The molecule has 1 fully saturated rings. The highest BCUT2D eigenvalue weighted by molar-refractivity contribution is 4.73. The van der Waals surface area contributed by atoms with Crippen LogP contribution in [0.2, 0.25) is 0 Å². The van der Waals surface area contributed by atoms with E-state index in [0.29, 0.717) is 6.04 Å². The van der Waals surface area contributed by atoms with Crippen LogP contribution < -0.4 is 5.32 Å². The molecular formula is C11H23N. The molecule has 1 aliphatic rings. The summed E-state index contributed by atoms with van der Waals surface area (Å²) in [6, 6.07) is 0.714. The highest BCUT2D eigenvalue weighted by Crippen LogP contribution is 2.25. The van der Waals surface area contributed by atoms with Crippen LogP contribution in [0.1, 0.15) is 46.5 Å². The van der Waals surface area contributed by atoms with Crippen molar-refractivity contribution in [1.82, 2.24) is 5.32 Å². The molecule has 0 saturated heterocycles. The van der Waals surface area contributed by atoms with Crippen LogP contribution in [0.4, 0.5) is 0 Å². The van der Waals surface area contributed by atoms with E-state index in [0.717, 1.165) is 11.8 Å². The Bertz CT molecular complexity index is 116. The molecule has 1 atom stereocenters. The van der Waals surface area contributed by atoms with Crippen molar-refractivity contribution in [1.29, 1.82) is 0 Å². The molecule has 1 nitrogen and oxygen atoms in total. The van der Waals surface area contributed by atoms with Crippen molar-refractivity contribution in [2.24, 2.45) is 11.8 Å². The van der Waals surface area contributed by atoms with Gasteiger partial charge in [-0.05, 0) is 44.6 Å². The number of hydrogen-bond donors (Lipinski definition) is 1. The van der Waals surface area contributed by atoms with Gasteiger partial charge < -0.3 is 5.32 Å². The molecule has 1 aliphatic carbocycles. The fraction of sp³-hybridized carbons (Fsp3) is 1.00. The summed E-state index contributed by atoms with van der Waals surface area (Å²) in [5.74, 6) is 1.83.